The molecular formula is C10H17N3OS2. The molecule has 0 aromatic carbocycles. The highest BCUT2D eigenvalue weighted by Crippen LogP contribution is 2.27. The maximum absolute atomic E-state index is 11.7. The van der Waals surface area contributed by atoms with Crippen LogP contribution in [-0.4, -0.2) is 21.9 Å². The number of nitrogens with one attached hydrogen (secondary N) is 1. The molecule has 1 amide bonds. The molecule has 0 saturated heterocycles. The lowest BCUT2D eigenvalue weighted by atomic mass is 9.96. The van der Waals surface area contributed by atoms with E-state index in [-0.39, 0.29) is 5.91 Å². The van der Waals surface area contributed by atoms with Gasteiger partial charge >= 0.3 is 0 Å². The van der Waals surface area contributed by atoms with Gasteiger partial charge in [-0.15, -0.1) is 10.2 Å². The van der Waals surface area contributed by atoms with Crippen molar-refractivity contribution in [3.05, 3.63) is 0 Å². The third-order valence-electron chi connectivity index (χ3n) is 1.74. The van der Waals surface area contributed by atoms with Gasteiger partial charge in [-0.25, -0.2) is 0 Å². The van der Waals surface area contributed by atoms with Gasteiger partial charge in [0.05, 0.1) is 0 Å². The zero-order chi connectivity index (χ0) is 12.2. The van der Waals surface area contributed by atoms with Crippen LogP contribution in [0.1, 0.15) is 34.1 Å². The minimum atomic E-state index is -0.400. The van der Waals surface area contributed by atoms with Crippen LogP contribution in [0.4, 0.5) is 5.13 Å². The summed E-state index contributed by atoms with van der Waals surface area (Å²) in [4.78, 5) is 11.7. The van der Waals surface area contributed by atoms with E-state index in [9.17, 15) is 4.79 Å². The molecule has 90 valence electrons. The van der Waals surface area contributed by atoms with Gasteiger partial charge in [-0.3, -0.25) is 4.79 Å². The Kier molecular flexibility index (Phi) is 4.73. The Hall–Kier alpha value is -0.620. The summed E-state index contributed by atoms with van der Waals surface area (Å²) in [5, 5.41) is 11.3. The van der Waals surface area contributed by atoms with E-state index in [0.29, 0.717) is 5.13 Å². The number of hydrogen-bond donors (Lipinski definition) is 1. The number of thioether (sulfide) groups is 1. The lowest BCUT2D eigenvalue weighted by molar-refractivity contribution is -0.123. The Morgan fingerprint density at radius 2 is 2.12 bits per heavy atom. The molecule has 0 aliphatic carbocycles. The SMILES string of the molecule is CCCSc1nnc(NC(=O)C(C)(C)C)s1. The Bertz CT molecular complexity index is 357. The summed E-state index contributed by atoms with van der Waals surface area (Å²) in [6.07, 6.45) is 1.11. The molecule has 1 heterocycles. The van der Waals surface area contributed by atoms with E-state index < -0.39 is 5.41 Å². The topological polar surface area (TPSA) is 54.9 Å². The van der Waals surface area contributed by atoms with Gasteiger partial charge in [0, 0.05) is 11.2 Å². The van der Waals surface area contributed by atoms with Crippen LogP contribution in [0.15, 0.2) is 4.34 Å². The first-order valence-corrected chi connectivity index (χ1v) is 7.01. The summed E-state index contributed by atoms with van der Waals surface area (Å²) in [5.41, 5.74) is -0.400. The second kappa shape index (κ2) is 5.63. The average molecular weight is 259 g/mol. The smallest absolute Gasteiger partial charge is 0.231 e. The molecule has 0 saturated carbocycles. The Balaban J connectivity index is 2.55. The summed E-state index contributed by atoms with van der Waals surface area (Å²) < 4.78 is 0.908. The average Bonchev–Trinajstić information content (AvgIpc) is 2.61. The normalized spacial score (nSPS) is 11.5. The molecule has 1 aromatic rings. The molecule has 1 N–H and O–H groups in total. The zero-order valence-corrected chi connectivity index (χ0v) is 11.7. The Labute approximate surface area is 104 Å². The maximum Gasteiger partial charge on any atom is 0.231 e. The molecule has 6 heteroatoms. The van der Waals surface area contributed by atoms with E-state index in [1.807, 2.05) is 20.8 Å². The molecule has 0 atom stereocenters. The molecular weight excluding hydrogens is 242 g/mol. The quantitative estimate of drug-likeness (QED) is 0.667. The first kappa shape index (κ1) is 13.4. The van der Waals surface area contributed by atoms with Gasteiger partial charge in [-0.2, -0.15) is 0 Å². The molecule has 1 rings (SSSR count). The van der Waals surface area contributed by atoms with E-state index in [0.717, 1.165) is 16.5 Å². The van der Waals surface area contributed by atoms with Crippen LogP contribution in [-0.2, 0) is 4.79 Å². The Morgan fingerprint density at radius 3 is 2.69 bits per heavy atom. The number of rotatable bonds is 4. The minimum absolute atomic E-state index is 0.0318. The number of nitrogens with zero attached hydrogens (tertiary/aromatic N) is 2. The Morgan fingerprint density at radius 1 is 1.44 bits per heavy atom. The molecule has 16 heavy (non-hydrogen) atoms. The lowest BCUT2D eigenvalue weighted by Gasteiger charge is -2.15. The van der Waals surface area contributed by atoms with E-state index in [4.69, 9.17) is 0 Å². The largest absolute Gasteiger partial charge is 0.300 e. The third-order valence-corrected chi connectivity index (χ3v) is 3.92. The number of anilines is 1. The van der Waals surface area contributed by atoms with E-state index in [1.165, 1.54) is 11.3 Å². The fourth-order valence-corrected chi connectivity index (χ4v) is 2.46. The third kappa shape index (κ3) is 4.09. The standard InChI is InChI=1S/C10H17N3OS2/c1-5-6-15-9-13-12-8(16-9)11-7(14)10(2,3)4/h5-6H2,1-4H3,(H,11,12,14). The van der Waals surface area contributed by atoms with Crippen LogP contribution >= 0.6 is 23.1 Å². The summed E-state index contributed by atoms with van der Waals surface area (Å²) in [6.45, 7) is 7.73. The van der Waals surface area contributed by atoms with Crippen LogP contribution in [0.3, 0.4) is 0 Å². The number of hydrogen-bond acceptors (Lipinski definition) is 5. The lowest BCUT2D eigenvalue weighted by Crippen LogP contribution is -2.27. The summed E-state index contributed by atoms with van der Waals surface area (Å²) >= 11 is 3.10. The first-order valence-electron chi connectivity index (χ1n) is 5.21. The van der Waals surface area contributed by atoms with Crippen LogP contribution in [0.2, 0.25) is 0 Å². The van der Waals surface area contributed by atoms with Gasteiger partial charge in [0.1, 0.15) is 0 Å². The van der Waals surface area contributed by atoms with Crippen molar-refractivity contribution >= 4 is 34.1 Å². The van der Waals surface area contributed by atoms with E-state index in [1.54, 1.807) is 11.8 Å². The van der Waals surface area contributed by atoms with Crippen molar-refractivity contribution in [2.45, 2.75) is 38.5 Å². The summed E-state index contributed by atoms with van der Waals surface area (Å²) in [7, 11) is 0. The van der Waals surface area contributed by atoms with Gasteiger partial charge in [-0.05, 0) is 6.42 Å². The molecule has 0 spiro atoms. The molecule has 0 unspecified atom stereocenters. The van der Waals surface area contributed by atoms with Crippen molar-refractivity contribution in [1.82, 2.24) is 10.2 Å². The van der Waals surface area contributed by atoms with Crippen molar-refractivity contribution in [3.63, 3.8) is 0 Å². The molecule has 0 aliphatic heterocycles. The number of carbonyl (C=O) groups is 1. The maximum atomic E-state index is 11.7. The highest BCUT2D eigenvalue weighted by Gasteiger charge is 2.22. The number of amides is 1. The summed E-state index contributed by atoms with van der Waals surface area (Å²) in [6, 6.07) is 0. The molecule has 4 nitrogen and oxygen atoms in total. The minimum Gasteiger partial charge on any atom is -0.300 e. The second-order valence-electron chi connectivity index (χ2n) is 4.43. The predicted octanol–water partition coefficient (Wildman–Crippen LogP) is 3.02. The van der Waals surface area contributed by atoms with Crippen molar-refractivity contribution in [3.8, 4) is 0 Å². The van der Waals surface area contributed by atoms with Crippen molar-refractivity contribution in [1.29, 1.82) is 0 Å². The first-order chi connectivity index (χ1) is 7.43. The van der Waals surface area contributed by atoms with Gasteiger partial charge < -0.3 is 5.32 Å². The molecule has 1 aromatic heterocycles. The number of carbonyl (C=O) groups excluding carboxylic acids is 1. The fraction of sp³-hybridized carbons (Fsp3) is 0.700. The monoisotopic (exact) mass is 259 g/mol. The van der Waals surface area contributed by atoms with Gasteiger partial charge in [0.2, 0.25) is 11.0 Å². The van der Waals surface area contributed by atoms with Crippen LogP contribution in [0, 0.1) is 5.41 Å². The predicted molar refractivity (Wildman–Crippen MR) is 69.0 cm³/mol. The van der Waals surface area contributed by atoms with Crippen LogP contribution in [0.5, 0.6) is 0 Å². The van der Waals surface area contributed by atoms with Gasteiger partial charge in [0.25, 0.3) is 0 Å². The van der Waals surface area contributed by atoms with Crippen molar-refractivity contribution in [2.75, 3.05) is 11.1 Å². The highest BCUT2D eigenvalue weighted by molar-refractivity contribution is 8.01. The van der Waals surface area contributed by atoms with Gasteiger partial charge in [0.15, 0.2) is 4.34 Å². The van der Waals surface area contributed by atoms with Crippen LogP contribution < -0.4 is 5.32 Å². The fourth-order valence-electron chi connectivity index (χ4n) is 0.793. The molecule has 0 aliphatic rings. The molecule has 0 fully saturated rings. The zero-order valence-electron chi connectivity index (χ0n) is 10.0. The van der Waals surface area contributed by atoms with Gasteiger partial charge in [-0.1, -0.05) is 50.8 Å². The van der Waals surface area contributed by atoms with E-state index >= 15 is 0 Å². The van der Waals surface area contributed by atoms with E-state index in [2.05, 4.69) is 22.4 Å². The highest BCUT2D eigenvalue weighted by atomic mass is 32.2. The van der Waals surface area contributed by atoms with Crippen molar-refractivity contribution < 1.29 is 4.79 Å². The number of aromatic nitrogens is 2. The second-order valence-corrected chi connectivity index (χ2v) is 6.75. The summed E-state index contributed by atoms with van der Waals surface area (Å²) in [5.74, 6) is 0.998. The van der Waals surface area contributed by atoms with Crippen LogP contribution in [0.25, 0.3) is 0 Å². The van der Waals surface area contributed by atoms with Crippen molar-refractivity contribution in [2.24, 2.45) is 5.41 Å². The molecule has 0 radical (unpaired) electrons. The molecule has 0 bridgehead atoms.